The molecule has 3 aliphatic rings. The van der Waals surface area contributed by atoms with Gasteiger partial charge in [-0.25, -0.2) is 14.8 Å². The Morgan fingerprint density at radius 3 is 2.68 bits per heavy atom. The molecule has 19 heavy (non-hydrogen) atoms. The van der Waals surface area contributed by atoms with Crippen molar-refractivity contribution in [3.05, 3.63) is 0 Å². The van der Waals surface area contributed by atoms with Crippen molar-refractivity contribution in [1.82, 2.24) is 0 Å². The van der Waals surface area contributed by atoms with E-state index >= 15 is 0 Å². The van der Waals surface area contributed by atoms with Gasteiger partial charge >= 0.3 is 6.03 Å². The molecule has 0 aromatic heterocycles. The zero-order valence-corrected chi connectivity index (χ0v) is 9.54. The fraction of sp³-hybridized carbons (Fsp3) is 0.500. The summed E-state index contributed by atoms with van der Waals surface area (Å²) in [5.41, 5.74) is 0.298. The lowest BCUT2D eigenvalue weighted by molar-refractivity contribution is -0.0101. The minimum absolute atomic E-state index is 0.0948. The lowest BCUT2D eigenvalue weighted by atomic mass is 10.1. The molecule has 0 aliphatic carbocycles. The highest BCUT2D eigenvalue weighted by Crippen LogP contribution is 2.24. The molecule has 0 saturated carbocycles. The first-order chi connectivity index (χ1) is 9.10. The molecule has 100 valence electrons. The van der Waals surface area contributed by atoms with Crippen LogP contribution in [0.25, 0.3) is 0 Å². The Labute approximate surface area is 106 Å². The predicted molar refractivity (Wildman–Crippen MR) is 64.0 cm³/mol. The first-order valence-corrected chi connectivity index (χ1v) is 5.57. The Morgan fingerprint density at radius 1 is 1.21 bits per heavy atom. The molecule has 2 amide bonds. The zero-order valence-electron chi connectivity index (χ0n) is 9.54. The number of aliphatic imine (C=N–C) groups is 4. The molecule has 3 N–H and O–H groups in total. The molecule has 0 radical (unpaired) electrons. The van der Waals surface area contributed by atoms with Crippen molar-refractivity contribution in [2.45, 2.75) is 24.4 Å². The summed E-state index contributed by atoms with van der Waals surface area (Å²) in [5, 5.41) is 28.5. The highest BCUT2D eigenvalue weighted by molar-refractivity contribution is 6.68. The molecule has 0 aromatic carbocycles. The van der Waals surface area contributed by atoms with Crippen molar-refractivity contribution < 1.29 is 24.9 Å². The van der Waals surface area contributed by atoms with E-state index in [0.29, 0.717) is 5.71 Å². The number of ether oxygens (including phenoxy) is 1. The van der Waals surface area contributed by atoms with Crippen LogP contribution in [-0.4, -0.2) is 76.0 Å². The molecular weight excluding hydrogens is 256 g/mol. The van der Waals surface area contributed by atoms with Gasteiger partial charge in [0.2, 0.25) is 0 Å². The first-order valence-electron chi connectivity index (χ1n) is 5.57. The molecule has 0 spiro atoms. The number of hydrogen-bond acceptors (Lipinski definition) is 7. The van der Waals surface area contributed by atoms with Crippen molar-refractivity contribution in [1.29, 1.82) is 0 Å². The van der Waals surface area contributed by atoms with Gasteiger partial charge in [-0.2, -0.15) is 9.98 Å². The summed E-state index contributed by atoms with van der Waals surface area (Å²) in [6, 6.07) is -0.680. The standard InChI is InChI=1S/C10H10N4O5/c15-2-4-5(16)6(17)7(19-4)9-12-3-1-11-10(18)14-8(3)13-9/h1,4-7,15-17H,2H2/t4-,5-,6-,7-/m1/s1. The summed E-state index contributed by atoms with van der Waals surface area (Å²) in [6.07, 6.45) is -3.13. The maximum Gasteiger partial charge on any atom is 0.369 e. The van der Waals surface area contributed by atoms with E-state index in [1.807, 2.05) is 0 Å². The zero-order chi connectivity index (χ0) is 13.6. The van der Waals surface area contributed by atoms with Gasteiger partial charge in [-0.3, -0.25) is 0 Å². The molecule has 9 heteroatoms. The van der Waals surface area contributed by atoms with E-state index in [1.165, 1.54) is 6.21 Å². The quantitative estimate of drug-likeness (QED) is 0.527. The molecule has 1 saturated heterocycles. The van der Waals surface area contributed by atoms with Gasteiger partial charge in [0.05, 0.1) is 12.8 Å². The SMILES string of the molecule is O=C1N=CC2=NC([C@@H]3O[C@H](CO)[C@@H](O)[C@H]3O)=NC2=N1. The molecule has 0 bridgehead atoms. The van der Waals surface area contributed by atoms with Crippen LogP contribution in [0.5, 0.6) is 0 Å². The minimum atomic E-state index is -1.26. The van der Waals surface area contributed by atoms with Crippen molar-refractivity contribution in [2.75, 3.05) is 6.61 Å². The van der Waals surface area contributed by atoms with E-state index in [9.17, 15) is 15.0 Å². The third kappa shape index (κ3) is 1.92. The maximum absolute atomic E-state index is 11.0. The number of urea groups is 1. The van der Waals surface area contributed by atoms with Gasteiger partial charge in [0.25, 0.3) is 0 Å². The lowest BCUT2D eigenvalue weighted by Gasteiger charge is -2.11. The van der Waals surface area contributed by atoms with Crippen molar-refractivity contribution in [2.24, 2.45) is 20.0 Å². The van der Waals surface area contributed by atoms with Gasteiger partial charge in [-0.1, -0.05) is 0 Å². The van der Waals surface area contributed by atoms with Crippen molar-refractivity contribution >= 4 is 29.6 Å². The fourth-order valence-corrected chi connectivity index (χ4v) is 2.01. The molecule has 4 atom stereocenters. The lowest BCUT2D eigenvalue weighted by Crippen LogP contribution is -2.36. The van der Waals surface area contributed by atoms with Crippen molar-refractivity contribution in [3.8, 4) is 0 Å². The highest BCUT2D eigenvalue weighted by Gasteiger charge is 2.46. The van der Waals surface area contributed by atoms with Crippen LogP contribution in [0, 0.1) is 0 Å². The van der Waals surface area contributed by atoms with Crippen LogP contribution in [0.4, 0.5) is 4.79 Å². The Bertz CT molecular complexity index is 552. The van der Waals surface area contributed by atoms with E-state index in [0.717, 1.165) is 0 Å². The second-order valence-corrected chi connectivity index (χ2v) is 4.20. The van der Waals surface area contributed by atoms with E-state index in [-0.39, 0.29) is 11.7 Å². The van der Waals surface area contributed by atoms with E-state index in [4.69, 9.17) is 9.84 Å². The molecular formula is C10H10N4O5. The second-order valence-electron chi connectivity index (χ2n) is 4.20. The first kappa shape index (κ1) is 12.2. The Morgan fingerprint density at radius 2 is 2.00 bits per heavy atom. The average molecular weight is 266 g/mol. The van der Waals surface area contributed by atoms with Gasteiger partial charge in [0, 0.05) is 0 Å². The highest BCUT2D eigenvalue weighted by atomic mass is 16.6. The van der Waals surface area contributed by atoms with Gasteiger partial charge in [-0.15, -0.1) is 0 Å². The summed E-state index contributed by atoms with van der Waals surface area (Å²) in [4.78, 5) is 26.0. The summed E-state index contributed by atoms with van der Waals surface area (Å²) in [6.45, 7) is -0.431. The van der Waals surface area contributed by atoms with Crippen molar-refractivity contribution in [3.63, 3.8) is 0 Å². The summed E-state index contributed by atoms with van der Waals surface area (Å²) >= 11 is 0. The Balaban J connectivity index is 1.87. The third-order valence-electron chi connectivity index (χ3n) is 2.98. The predicted octanol–water partition coefficient (Wildman–Crippen LogP) is -2.08. The van der Waals surface area contributed by atoms with Crippen LogP contribution in [0.2, 0.25) is 0 Å². The monoisotopic (exact) mass is 266 g/mol. The largest absolute Gasteiger partial charge is 0.394 e. The number of nitrogens with zero attached hydrogens (tertiary/aromatic N) is 4. The van der Waals surface area contributed by atoms with Crippen LogP contribution in [-0.2, 0) is 4.74 Å². The van der Waals surface area contributed by atoms with Crippen LogP contribution in [0.15, 0.2) is 20.0 Å². The molecule has 3 heterocycles. The normalized spacial score (nSPS) is 37.0. The Hall–Kier alpha value is -1.81. The van der Waals surface area contributed by atoms with Gasteiger partial charge < -0.3 is 20.1 Å². The van der Waals surface area contributed by atoms with Crippen LogP contribution in [0.1, 0.15) is 0 Å². The summed E-state index contributed by atoms with van der Waals surface area (Å²) in [5.74, 6) is 0.199. The number of rotatable bonds is 2. The molecule has 3 aliphatic heterocycles. The molecule has 0 unspecified atom stereocenters. The number of carbonyl (C=O) groups is 1. The molecule has 1 fully saturated rings. The van der Waals surface area contributed by atoms with Crippen LogP contribution in [0.3, 0.4) is 0 Å². The number of carbonyl (C=O) groups excluding carboxylic acids is 1. The smallest absolute Gasteiger partial charge is 0.369 e. The van der Waals surface area contributed by atoms with Gasteiger partial charge in [-0.05, 0) is 0 Å². The number of amidine groups is 2. The Kier molecular flexibility index (Phi) is 2.82. The average Bonchev–Trinajstić information content (AvgIpc) is 2.92. The van der Waals surface area contributed by atoms with E-state index in [2.05, 4.69) is 20.0 Å². The summed E-state index contributed by atoms with van der Waals surface area (Å²) < 4.78 is 5.28. The second kappa shape index (κ2) is 4.38. The van der Waals surface area contributed by atoms with Crippen LogP contribution >= 0.6 is 0 Å². The van der Waals surface area contributed by atoms with E-state index in [1.54, 1.807) is 0 Å². The van der Waals surface area contributed by atoms with Crippen LogP contribution < -0.4 is 0 Å². The number of fused-ring (bicyclic) bond motifs is 1. The number of aliphatic hydroxyl groups is 3. The fourth-order valence-electron chi connectivity index (χ4n) is 2.01. The summed E-state index contributed by atoms with van der Waals surface area (Å²) in [7, 11) is 0. The van der Waals surface area contributed by atoms with E-state index < -0.39 is 37.1 Å². The topological polar surface area (TPSA) is 136 Å². The third-order valence-corrected chi connectivity index (χ3v) is 2.98. The van der Waals surface area contributed by atoms with Gasteiger partial charge in [0.1, 0.15) is 30.1 Å². The minimum Gasteiger partial charge on any atom is -0.394 e. The van der Waals surface area contributed by atoms with Gasteiger partial charge in [0.15, 0.2) is 11.7 Å². The molecule has 0 aromatic rings. The maximum atomic E-state index is 11.0. The number of aliphatic hydroxyl groups excluding tert-OH is 3. The number of hydrogen-bond donors (Lipinski definition) is 3. The molecule has 3 rings (SSSR count). The number of amides is 2. The molecule has 9 nitrogen and oxygen atoms in total.